The maximum absolute atomic E-state index is 10.9. The first-order valence-corrected chi connectivity index (χ1v) is 4.49. The Kier molecular flexibility index (Phi) is 2.12. The molecule has 2 rings (SSSR count). The van der Waals surface area contributed by atoms with Crippen molar-refractivity contribution in [3.8, 4) is 10.4 Å². The summed E-state index contributed by atoms with van der Waals surface area (Å²) in [6, 6.07) is 1.72. The molecule has 0 unspecified atom stereocenters. The molecule has 2 aromatic heterocycles. The smallest absolute Gasteiger partial charge is 0.274 e. The highest BCUT2D eigenvalue weighted by Gasteiger charge is 2.16. The molecule has 6 heteroatoms. The van der Waals surface area contributed by atoms with Crippen LogP contribution >= 0.6 is 23.1 Å². The van der Waals surface area contributed by atoms with E-state index in [-0.39, 0.29) is 5.69 Å². The molecule has 0 spiro atoms. The van der Waals surface area contributed by atoms with Crippen molar-refractivity contribution in [1.29, 1.82) is 0 Å². The molecule has 2 aromatic rings. The van der Waals surface area contributed by atoms with Crippen LogP contribution in [0.15, 0.2) is 23.0 Å². The van der Waals surface area contributed by atoms with Gasteiger partial charge in [-0.1, -0.05) is 4.49 Å². The van der Waals surface area contributed by atoms with Crippen LogP contribution in [0.1, 0.15) is 10.5 Å². The summed E-state index contributed by atoms with van der Waals surface area (Å²) in [6.45, 7) is 0. The van der Waals surface area contributed by atoms with Crippen LogP contribution in [0.4, 0.5) is 0 Å². The summed E-state index contributed by atoms with van der Waals surface area (Å²) < 4.78 is 8.51. The lowest BCUT2D eigenvalue weighted by Crippen LogP contribution is -1.91. The molecular weight excluding hydrogens is 212 g/mol. The molecule has 0 N–H and O–H groups in total. The van der Waals surface area contributed by atoms with Gasteiger partial charge >= 0.3 is 0 Å². The third kappa shape index (κ3) is 1.48. The van der Waals surface area contributed by atoms with Gasteiger partial charge in [0.2, 0.25) is 0 Å². The molecule has 0 aromatic carbocycles. The zero-order valence-corrected chi connectivity index (χ0v) is 7.80. The van der Waals surface area contributed by atoms with Crippen molar-refractivity contribution in [3.05, 3.63) is 24.3 Å². The van der Waals surface area contributed by atoms with E-state index in [1.807, 2.05) is 0 Å². The van der Waals surface area contributed by atoms with Gasteiger partial charge in [-0.15, -0.1) is 5.10 Å². The third-order valence-electron chi connectivity index (χ3n) is 1.46. The minimum atomic E-state index is -0.607. The molecule has 13 heavy (non-hydrogen) atoms. The fourth-order valence-corrected chi connectivity index (χ4v) is 1.74. The Bertz CT molecular complexity index is 423. The van der Waals surface area contributed by atoms with Crippen LogP contribution in [0.3, 0.4) is 0 Å². The van der Waals surface area contributed by atoms with E-state index in [1.54, 1.807) is 6.07 Å². The monoisotopic (exact) mass is 214 g/mol. The van der Waals surface area contributed by atoms with Crippen LogP contribution in [0.25, 0.3) is 10.4 Å². The Labute approximate surface area is 82.3 Å². The Morgan fingerprint density at radius 2 is 2.46 bits per heavy atom. The molecule has 0 radical (unpaired) electrons. The second kappa shape index (κ2) is 3.27. The molecule has 0 bridgehead atoms. The first kappa shape index (κ1) is 8.40. The molecule has 4 nitrogen and oxygen atoms in total. The minimum absolute atomic E-state index is 0.174. The minimum Gasteiger partial charge on any atom is -0.472 e. The van der Waals surface area contributed by atoms with Gasteiger partial charge in [-0.25, -0.2) is 0 Å². The second-order valence-electron chi connectivity index (χ2n) is 2.24. The van der Waals surface area contributed by atoms with E-state index >= 15 is 0 Å². The van der Waals surface area contributed by atoms with Crippen molar-refractivity contribution in [2.45, 2.75) is 0 Å². The summed E-state index contributed by atoms with van der Waals surface area (Å²) in [5.41, 5.74) is 0.937. The number of furan rings is 1. The average molecular weight is 215 g/mol. The summed E-state index contributed by atoms with van der Waals surface area (Å²) in [6.07, 6.45) is 3.02. The van der Waals surface area contributed by atoms with Gasteiger partial charge in [0.1, 0.15) is 0 Å². The van der Waals surface area contributed by atoms with E-state index in [9.17, 15) is 4.79 Å². The number of rotatable bonds is 2. The number of carbonyl (C=O) groups is 1. The Morgan fingerprint density at radius 3 is 3.08 bits per heavy atom. The van der Waals surface area contributed by atoms with Crippen LogP contribution in [-0.4, -0.2) is 14.8 Å². The zero-order valence-electron chi connectivity index (χ0n) is 6.23. The van der Waals surface area contributed by atoms with Crippen LogP contribution < -0.4 is 0 Å². The number of carbonyl (C=O) groups excluding carboxylic acids is 1. The van der Waals surface area contributed by atoms with Crippen LogP contribution in [0, 0.1) is 0 Å². The molecule has 0 aliphatic rings. The fourth-order valence-electron chi connectivity index (χ4n) is 0.902. The standard InChI is InChI=1S/C7H3ClN2O2S/c8-7(11)5-6(13-10-9-5)4-1-2-12-3-4/h1-3H. The number of halogens is 1. The van der Waals surface area contributed by atoms with Crippen LogP contribution in [0.5, 0.6) is 0 Å². The predicted octanol–water partition coefficient (Wildman–Crippen LogP) is 2.18. The van der Waals surface area contributed by atoms with E-state index in [0.717, 1.165) is 17.1 Å². The van der Waals surface area contributed by atoms with Gasteiger partial charge in [0.15, 0.2) is 5.69 Å². The average Bonchev–Trinajstić information content (AvgIpc) is 2.74. The normalized spacial score (nSPS) is 10.2. The number of aromatic nitrogens is 2. The second-order valence-corrected chi connectivity index (χ2v) is 3.33. The fraction of sp³-hybridized carbons (Fsp3) is 0. The Balaban J connectivity index is 2.52. The van der Waals surface area contributed by atoms with E-state index in [2.05, 4.69) is 9.59 Å². The van der Waals surface area contributed by atoms with Crippen molar-refractivity contribution >= 4 is 28.4 Å². The summed E-state index contributed by atoms with van der Waals surface area (Å²) in [4.78, 5) is 11.5. The molecule has 2 heterocycles. The van der Waals surface area contributed by atoms with Crippen molar-refractivity contribution in [2.75, 3.05) is 0 Å². The van der Waals surface area contributed by atoms with Crippen LogP contribution in [-0.2, 0) is 0 Å². The van der Waals surface area contributed by atoms with Gasteiger partial charge in [0.05, 0.1) is 17.4 Å². The van der Waals surface area contributed by atoms with Crippen LogP contribution in [0.2, 0.25) is 0 Å². The molecule has 66 valence electrons. The summed E-state index contributed by atoms with van der Waals surface area (Å²) in [5.74, 6) is 0. The quantitative estimate of drug-likeness (QED) is 0.719. The SMILES string of the molecule is O=C(Cl)c1nnsc1-c1ccoc1. The van der Waals surface area contributed by atoms with Crippen molar-refractivity contribution in [1.82, 2.24) is 9.59 Å². The van der Waals surface area contributed by atoms with Crippen molar-refractivity contribution in [2.24, 2.45) is 0 Å². The summed E-state index contributed by atoms with van der Waals surface area (Å²) >= 11 is 6.41. The highest BCUT2D eigenvalue weighted by Crippen LogP contribution is 2.27. The van der Waals surface area contributed by atoms with Gasteiger partial charge < -0.3 is 4.42 Å². The molecule has 0 aliphatic carbocycles. The Morgan fingerprint density at radius 1 is 1.62 bits per heavy atom. The first-order valence-electron chi connectivity index (χ1n) is 3.34. The van der Waals surface area contributed by atoms with Crippen molar-refractivity contribution < 1.29 is 9.21 Å². The molecule has 0 saturated heterocycles. The topological polar surface area (TPSA) is 56.0 Å². The predicted molar refractivity (Wildman–Crippen MR) is 47.8 cm³/mol. The number of hydrogen-bond acceptors (Lipinski definition) is 5. The van der Waals surface area contributed by atoms with Gasteiger partial charge in [0, 0.05) is 5.56 Å². The molecule has 0 aliphatic heterocycles. The number of nitrogens with zero attached hydrogens (tertiary/aromatic N) is 2. The van der Waals surface area contributed by atoms with Gasteiger partial charge in [-0.05, 0) is 29.2 Å². The summed E-state index contributed by atoms with van der Waals surface area (Å²) in [7, 11) is 0. The van der Waals surface area contributed by atoms with Gasteiger partial charge in [0.25, 0.3) is 5.24 Å². The van der Waals surface area contributed by atoms with Crippen molar-refractivity contribution in [3.63, 3.8) is 0 Å². The van der Waals surface area contributed by atoms with E-state index in [1.165, 1.54) is 12.5 Å². The highest BCUT2D eigenvalue weighted by molar-refractivity contribution is 7.10. The lowest BCUT2D eigenvalue weighted by Gasteiger charge is -1.89. The van der Waals surface area contributed by atoms with E-state index in [0.29, 0.717) is 4.88 Å². The lowest BCUT2D eigenvalue weighted by molar-refractivity contribution is 0.107. The molecule has 0 atom stereocenters. The van der Waals surface area contributed by atoms with Gasteiger partial charge in [-0.3, -0.25) is 4.79 Å². The largest absolute Gasteiger partial charge is 0.472 e. The molecular formula is C7H3ClN2O2S. The lowest BCUT2D eigenvalue weighted by atomic mass is 10.2. The molecule has 0 fully saturated rings. The maximum atomic E-state index is 10.9. The molecule has 0 amide bonds. The van der Waals surface area contributed by atoms with E-state index in [4.69, 9.17) is 16.0 Å². The first-order chi connectivity index (χ1) is 6.29. The Hall–Kier alpha value is -1.20. The molecule has 0 saturated carbocycles. The zero-order chi connectivity index (χ0) is 9.26. The van der Waals surface area contributed by atoms with E-state index < -0.39 is 5.24 Å². The number of hydrogen-bond donors (Lipinski definition) is 0. The van der Waals surface area contributed by atoms with Gasteiger partial charge in [-0.2, -0.15) is 0 Å². The highest BCUT2D eigenvalue weighted by atomic mass is 35.5. The summed E-state index contributed by atoms with van der Waals surface area (Å²) in [5, 5.41) is 3.01. The third-order valence-corrected chi connectivity index (χ3v) is 2.41. The maximum Gasteiger partial charge on any atom is 0.274 e.